The van der Waals surface area contributed by atoms with E-state index in [0.29, 0.717) is 0 Å². The molecule has 0 aromatic heterocycles. The predicted octanol–water partition coefficient (Wildman–Crippen LogP) is 3.70. The Morgan fingerprint density at radius 3 is 2.56 bits per heavy atom. The van der Waals surface area contributed by atoms with Crippen LogP contribution in [0.3, 0.4) is 0 Å². The van der Waals surface area contributed by atoms with E-state index in [0.717, 1.165) is 18.1 Å². The Labute approximate surface area is 114 Å². The Morgan fingerprint density at radius 1 is 1.11 bits per heavy atom. The highest BCUT2D eigenvalue weighted by Crippen LogP contribution is 2.37. The lowest BCUT2D eigenvalue weighted by molar-refractivity contribution is -0.135. The van der Waals surface area contributed by atoms with E-state index in [4.69, 9.17) is 16.3 Å². The minimum absolute atomic E-state index is 0.0841. The molecule has 1 spiro atoms. The highest BCUT2D eigenvalue weighted by atomic mass is 35.5. The molecule has 1 atom stereocenters. The molecule has 1 saturated carbocycles. The van der Waals surface area contributed by atoms with Gasteiger partial charge in [0.05, 0.1) is 11.7 Å². The van der Waals surface area contributed by atoms with Crippen molar-refractivity contribution < 1.29 is 4.74 Å². The molecule has 3 heteroatoms. The molecule has 2 fully saturated rings. The van der Waals surface area contributed by atoms with E-state index in [9.17, 15) is 0 Å². The fraction of sp³-hybridized carbons (Fsp3) is 0.600. The highest BCUT2D eigenvalue weighted by molar-refractivity contribution is 6.30. The first kappa shape index (κ1) is 12.5. The Kier molecular flexibility index (Phi) is 3.60. The third-order valence-corrected chi connectivity index (χ3v) is 4.43. The van der Waals surface area contributed by atoms with Gasteiger partial charge in [-0.25, -0.2) is 0 Å². The van der Waals surface area contributed by atoms with Crippen molar-refractivity contribution in [3.8, 4) is 0 Å². The van der Waals surface area contributed by atoms with Gasteiger partial charge in [-0.2, -0.15) is 0 Å². The molecule has 1 heterocycles. The standard InChI is InChI=1S/C15H20ClNO/c16-13-6-4-12(5-7-13)14-10-17-11-15(18-14)8-2-1-3-9-15/h4-7,14,17H,1-3,8-11H2. The van der Waals surface area contributed by atoms with Crippen molar-refractivity contribution in [2.24, 2.45) is 0 Å². The molecule has 1 aromatic carbocycles. The lowest BCUT2D eigenvalue weighted by Gasteiger charge is -2.44. The molecule has 18 heavy (non-hydrogen) atoms. The third kappa shape index (κ3) is 2.56. The van der Waals surface area contributed by atoms with Crippen LogP contribution in [0.5, 0.6) is 0 Å². The van der Waals surface area contributed by atoms with E-state index in [-0.39, 0.29) is 11.7 Å². The van der Waals surface area contributed by atoms with Crippen molar-refractivity contribution in [3.05, 3.63) is 34.9 Å². The van der Waals surface area contributed by atoms with E-state index in [1.807, 2.05) is 12.1 Å². The van der Waals surface area contributed by atoms with E-state index < -0.39 is 0 Å². The second-order valence-corrected chi connectivity index (χ2v) is 5.97. The first-order valence-corrected chi connectivity index (χ1v) is 7.29. The maximum Gasteiger partial charge on any atom is 0.0957 e. The summed E-state index contributed by atoms with van der Waals surface area (Å²) in [5, 5.41) is 4.34. The zero-order valence-electron chi connectivity index (χ0n) is 10.6. The van der Waals surface area contributed by atoms with E-state index in [1.165, 1.54) is 37.7 Å². The molecule has 1 aromatic rings. The molecule has 1 aliphatic carbocycles. The van der Waals surface area contributed by atoms with Gasteiger partial charge in [0.2, 0.25) is 0 Å². The number of nitrogens with one attached hydrogen (secondary N) is 1. The number of hydrogen-bond donors (Lipinski definition) is 1. The summed E-state index contributed by atoms with van der Waals surface area (Å²) in [5.74, 6) is 0. The van der Waals surface area contributed by atoms with Gasteiger partial charge in [-0.05, 0) is 30.5 Å². The normalized spacial score (nSPS) is 27.3. The number of hydrogen-bond acceptors (Lipinski definition) is 2. The lowest BCUT2D eigenvalue weighted by Crippen LogP contribution is -2.51. The largest absolute Gasteiger partial charge is 0.364 e. The summed E-state index contributed by atoms with van der Waals surface area (Å²) in [6, 6.07) is 8.05. The van der Waals surface area contributed by atoms with Gasteiger partial charge in [-0.1, -0.05) is 43.0 Å². The SMILES string of the molecule is Clc1ccc(C2CNCC3(CCCCC3)O2)cc1. The van der Waals surface area contributed by atoms with Crippen molar-refractivity contribution in [2.75, 3.05) is 13.1 Å². The molecule has 1 N–H and O–H groups in total. The monoisotopic (exact) mass is 265 g/mol. The van der Waals surface area contributed by atoms with Gasteiger partial charge in [-0.3, -0.25) is 0 Å². The Balaban J connectivity index is 1.75. The van der Waals surface area contributed by atoms with Gasteiger partial charge < -0.3 is 10.1 Å². The van der Waals surface area contributed by atoms with E-state index in [2.05, 4.69) is 17.4 Å². The van der Waals surface area contributed by atoms with Crippen molar-refractivity contribution in [2.45, 2.75) is 43.8 Å². The van der Waals surface area contributed by atoms with Gasteiger partial charge >= 0.3 is 0 Å². The van der Waals surface area contributed by atoms with Crippen LogP contribution >= 0.6 is 11.6 Å². The number of benzene rings is 1. The van der Waals surface area contributed by atoms with Crippen LogP contribution in [0.2, 0.25) is 5.02 Å². The molecule has 3 rings (SSSR count). The van der Waals surface area contributed by atoms with Crippen LogP contribution in [0.15, 0.2) is 24.3 Å². The van der Waals surface area contributed by atoms with Crippen LogP contribution in [0, 0.1) is 0 Å². The minimum atomic E-state index is 0.0841. The van der Waals surface area contributed by atoms with E-state index >= 15 is 0 Å². The maximum atomic E-state index is 6.44. The molecular formula is C15H20ClNO. The second-order valence-electron chi connectivity index (χ2n) is 5.53. The Bertz CT molecular complexity index is 392. The van der Waals surface area contributed by atoms with Gasteiger partial charge in [-0.15, -0.1) is 0 Å². The molecule has 0 amide bonds. The average molecular weight is 266 g/mol. The van der Waals surface area contributed by atoms with Crippen LogP contribution in [-0.2, 0) is 4.74 Å². The number of halogens is 1. The minimum Gasteiger partial charge on any atom is -0.364 e. The summed E-state index contributed by atoms with van der Waals surface area (Å²) < 4.78 is 6.44. The zero-order chi connectivity index (χ0) is 12.4. The van der Waals surface area contributed by atoms with Gasteiger partial charge in [0.1, 0.15) is 0 Å². The summed E-state index contributed by atoms with van der Waals surface area (Å²) in [6.07, 6.45) is 6.53. The van der Waals surface area contributed by atoms with Crippen LogP contribution in [0.25, 0.3) is 0 Å². The lowest BCUT2D eigenvalue weighted by atomic mass is 9.83. The van der Waals surface area contributed by atoms with Crippen LogP contribution in [0.4, 0.5) is 0 Å². The van der Waals surface area contributed by atoms with E-state index in [1.54, 1.807) is 0 Å². The van der Waals surface area contributed by atoms with Crippen molar-refractivity contribution >= 4 is 11.6 Å². The van der Waals surface area contributed by atoms with Crippen molar-refractivity contribution in [1.29, 1.82) is 0 Å². The molecule has 0 bridgehead atoms. The molecule has 98 valence electrons. The quantitative estimate of drug-likeness (QED) is 0.836. The summed E-state index contributed by atoms with van der Waals surface area (Å²) in [6.45, 7) is 1.92. The number of morpholine rings is 1. The molecule has 1 unspecified atom stereocenters. The average Bonchev–Trinajstić information content (AvgIpc) is 2.40. The van der Waals surface area contributed by atoms with Gasteiger partial charge in [0.25, 0.3) is 0 Å². The van der Waals surface area contributed by atoms with Crippen LogP contribution in [0.1, 0.15) is 43.8 Å². The number of rotatable bonds is 1. The predicted molar refractivity (Wildman–Crippen MR) is 74.0 cm³/mol. The number of ether oxygens (including phenoxy) is 1. The molecular weight excluding hydrogens is 246 g/mol. The first-order chi connectivity index (χ1) is 8.77. The molecule has 1 saturated heterocycles. The summed E-state index contributed by atoms with van der Waals surface area (Å²) in [5.41, 5.74) is 1.32. The van der Waals surface area contributed by atoms with Crippen molar-refractivity contribution in [3.63, 3.8) is 0 Å². The Hall–Kier alpha value is -0.570. The molecule has 2 aliphatic rings. The second kappa shape index (κ2) is 5.20. The van der Waals surface area contributed by atoms with Gasteiger partial charge in [0.15, 0.2) is 0 Å². The smallest absolute Gasteiger partial charge is 0.0957 e. The fourth-order valence-electron chi connectivity index (χ4n) is 3.17. The van der Waals surface area contributed by atoms with Crippen molar-refractivity contribution in [1.82, 2.24) is 5.32 Å². The highest BCUT2D eigenvalue weighted by Gasteiger charge is 2.38. The summed E-state index contributed by atoms with van der Waals surface area (Å²) in [7, 11) is 0. The Morgan fingerprint density at radius 2 is 1.83 bits per heavy atom. The topological polar surface area (TPSA) is 21.3 Å². The van der Waals surface area contributed by atoms with Crippen LogP contribution < -0.4 is 5.32 Å². The molecule has 2 nitrogen and oxygen atoms in total. The third-order valence-electron chi connectivity index (χ3n) is 4.18. The van der Waals surface area contributed by atoms with Gasteiger partial charge in [0, 0.05) is 18.1 Å². The maximum absolute atomic E-state index is 6.44. The fourth-order valence-corrected chi connectivity index (χ4v) is 3.30. The van der Waals surface area contributed by atoms with Crippen LogP contribution in [-0.4, -0.2) is 18.7 Å². The molecule has 0 radical (unpaired) electrons. The molecule has 1 aliphatic heterocycles. The summed E-state index contributed by atoms with van der Waals surface area (Å²) in [4.78, 5) is 0. The zero-order valence-corrected chi connectivity index (χ0v) is 11.4. The first-order valence-electron chi connectivity index (χ1n) is 6.91. The summed E-state index contributed by atoms with van der Waals surface area (Å²) >= 11 is 5.94.